The van der Waals surface area contributed by atoms with Crippen LogP contribution in [0.1, 0.15) is 49.9 Å². The van der Waals surface area contributed by atoms with Crippen molar-refractivity contribution < 1.29 is 17.9 Å². The molecule has 0 saturated carbocycles. The number of carbonyl (C=O) groups excluding carboxylic acids is 1. The fourth-order valence-electron chi connectivity index (χ4n) is 4.56. The number of anilines is 2. The lowest BCUT2D eigenvalue weighted by atomic mass is 10.2. The van der Waals surface area contributed by atoms with Crippen molar-refractivity contribution >= 4 is 27.3 Å². The molecule has 0 aromatic heterocycles. The van der Waals surface area contributed by atoms with E-state index in [0.29, 0.717) is 24.3 Å². The fourth-order valence-corrected chi connectivity index (χ4v) is 6.20. The number of ether oxygens (including phenoxy) is 1. The molecule has 0 aliphatic carbocycles. The Kier molecular flexibility index (Phi) is 7.36. The summed E-state index contributed by atoms with van der Waals surface area (Å²) < 4.78 is 33.4. The van der Waals surface area contributed by atoms with Crippen LogP contribution in [0.4, 0.5) is 11.4 Å². The standard InChI is InChI=1S/C25H33N3O4S/c1-19-17-28(18-20(2)32-19)33(30,31)24-9-7-8-21(16-24)25(29)26-22-10-12-23(13-11-22)27-14-5-3-4-6-15-27/h7-13,16,19-20H,3-6,14-15,17-18H2,1-2H3,(H,26,29). The first-order valence-corrected chi connectivity index (χ1v) is 13.2. The van der Waals surface area contributed by atoms with Gasteiger partial charge in [0.25, 0.3) is 5.91 Å². The zero-order chi connectivity index (χ0) is 23.4. The van der Waals surface area contributed by atoms with Gasteiger partial charge in [-0.2, -0.15) is 4.31 Å². The molecule has 2 aromatic carbocycles. The Bertz CT molecular complexity index is 1050. The van der Waals surface area contributed by atoms with Gasteiger partial charge >= 0.3 is 0 Å². The number of hydrogen-bond acceptors (Lipinski definition) is 5. The molecule has 1 N–H and O–H groups in total. The van der Waals surface area contributed by atoms with Gasteiger partial charge in [0.1, 0.15) is 0 Å². The Morgan fingerprint density at radius 3 is 2.21 bits per heavy atom. The quantitative estimate of drug-likeness (QED) is 0.710. The van der Waals surface area contributed by atoms with Crippen LogP contribution in [0.5, 0.6) is 0 Å². The van der Waals surface area contributed by atoms with Crippen LogP contribution < -0.4 is 10.2 Å². The van der Waals surface area contributed by atoms with Crippen molar-refractivity contribution in [2.75, 3.05) is 36.4 Å². The van der Waals surface area contributed by atoms with Gasteiger partial charge in [0.2, 0.25) is 10.0 Å². The van der Waals surface area contributed by atoms with Crippen molar-refractivity contribution in [3.05, 3.63) is 54.1 Å². The van der Waals surface area contributed by atoms with E-state index in [9.17, 15) is 13.2 Å². The predicted octanol–water partition coefficient (Wildman–Crippen LogP) is 4.12. The minimum atomic E-state index is -3.71. The van der Waals surface area contributed by atoms with Crippen molar-refractivity contribution in [3.8, 4) is 0 Å². The molecule has 0 radical (unpaired) electrons. The van der Waals surface area contributed by atoms with Crippen LogP contribution in [0.3, 0.4) is 0 Å². The highest BCUT2D eigenvalue weighted by Crippen LogP contribution is 2.24. The Hall–Kier alpha value is -2.42. The van der Waals surface area contributed by atoms with E-state index in [0.717, 1.165) is 18.8 Å². The normalized spacial score (nSPS) is 22.5. The number of morpholine rings is 1. The lowest BCUT2D eigenvalue weighted by Crippen LogP contribution is -2.48. The maximum Gasteiger partial charge on any atom is 0.255 e. The van der Waals surface area contributed by atoms with Gasteiger partial charge in [-0.25, -0.2) is 8.42 Å². The predicted molar refractivity (Wildman–Crippen MR) is 130 cm³/mol. The van der Waals surface area contributed by atoms with Crippen LogP contribution in [0.15, 0.2) is 53.4 Å². The lowest BCUT2D eigenvalue weighted by Gasteiger charge is -2.34. The van der Waals surface area contributed by atoms with Gasteiger partial charge in [-0.1, -0.05) is 18.9 Å². The molecule has 2 unspecified atom stereocenters. The molecule has 2 fully saturated rings. The Morgan fingerprint density at radius 2 is 1.58 bits per heavy atom. The molecule has 2 heterocycles. The average molecular weight is 472 g/mol. The largest absolute Gasteiger partial charge is 0.373 e. The number of hydrogen-bond donors (Lipinski definition) is 1. The van der Waals surface area contributed by atoms with E-state index in [1.54, 1.807) is 12.1 Å². The molecule has 1 amide bonds. The number of benzene rings is 2. The number of sulfonamides is 1. The summed E-state index contributed by atoms with van der Waals surface area (Å²) in [4.78, 5) is 15.4. The average Bonchev–Trinajstić information content (AvgIpc) is 3.09. The second kappa shape index (κ2) is 10.2. The molecule has 7 nitrogen and oxygen atoms in total. The molecule has 0 spiro atoms. The summed E-state index contributed by atoms with van der Waals surface area (Å²) in [5.74, 6) is -0.335. The van der Waals surface area contributed by atoms with E-state index in [2.05, 4.69) is 10.2 Å². The van der Waals surface area contributed by atoms with Crippen LogP contribution in [-0.2, 0) is 14.8 Å². The van der Waals surface area contributed by atoms with Gasteiger partial charge < -0.3 is 15.0 Å². The first-order valence-electron chi connectivity index (χ1n) is 11.7. The highest BCUT2D eigenvalue weighted by atomic mass is 32.2. The van der Waals surface area contributed by atoms with Crippen LogP contribution in [-0.4, -0.2) is 57.0 Å². The summed E-state index contributed by atoms with van der Waals surface area (Å²) in [5, 5.41) is 2.89. The maximum atomic E-state index is 13.2. The first kappa shape index (κ1) is 23.7. The molecule has 2 aliphatic heterocycles. The third-order valence-corrected chi connectivity index (χ3v) is 8.04. The lowest BCUT2D eigenvalue weighted by molar-refractivity contribution is -0.0440. The molecule has 0 bridgehead atoms. The van der Waals surface area contributed by atoms with Crippen LogP contribution >= 0.6 is 0 Å². The van der Waals surface area contributed by atoms with Gasteiger partial charge in [0, 0.05) is 43.1 Å². The number of amides is 1. The molecule has 4 rings (SSSR count). The number of rotatable bonds is 5. The van der Waals surface area contributed by atoms with E-state index in [1.165, 1.54) is 42.1 Å². The monoisotopic (exact) mass is 471 g/mol. The van der Waals surface area contributed by atoms with Crippen molar-refractivity contribution in [2.24, 2.45) is 0 Å². The summed E-state index contributed by atoms with van der Waals surface area (Å²) in [5.41, 5.74) is 2.15. The van der Waals surface area contributed by atoms with Crippen molar-refractivity contribution in [1.29, 1.82) is 0 Å². The Morgan fingerprint density at radius 1 is 0.939 bits per heavy atom. The van der Waals surface area contributed by atoms with E-state index in [4.69, 9.17) is 4.74 Å². The highest BCUT2D eigenvalue weighted by Gasteiger charge is 2.32. The smallest absolute Gasteiger partial charge is 0.255 e. The number of carbonyl (C=O) groups is 1. The van der Waals surface area contributed by atoms with E-state index in [1.807, 2.05) is 38.1 Å². The molecule has 178 valence electrons. The topological polar surface area (TPSA) is 79.0 Å². The summed E-state index contributed by atoms with van der Waals surface area (Å²) >= 11 is 0. The molecule has 8 heteroatoms. The van der Waals surface area contributed by atoms with Crippen LogP contribution in [0.2, 0.25) is 0 Å². The van der Waals surface area contributed by atoms with Gasteiger partial charge in [-0.3, -0.25) is 4.79 Å². The zero-order valence-corrected chi connectivity index (χ0v) is 20.2. The van der Waals surface area contributed by atoms with Gasteiger partial charge in [-0.05, 0) is 69.2 Å². The highest BCUT2D eigenvalue weighted by molar-refractivity contribution is 7.89. The SMILES string of the molecule is CC1CN(S(=O)(=O)c2cccc(C(=O)Nc3ccc(N4CCCCCC4)cc3)c2)CC(C)O1. The van der Waals surface area contributed by atoms with Crippen LogP contribution in [0.25, 0.3) is 0 Å². The van der Waals surface area contributed by atoms with Gasteiger partial charge in [0.05, 0.1) is 17.1 Å². The molecular weight excluding hydrogens is 438 g/mol. The minimum absolute atomic E-state index is 0.118. The second-order valence-corrected chi connectivity index (χ2v) is 10.9. The van der Waals surface area contributed by atoms with E-state index < -0.39 is 10.0 Å². The zero-order valence-electron chi connectivity index (χ0n) is 19.4. The third kappa shape index (κ3) is 5.75. The molecule has 2 atom stereocenters. The summed E-state index contributed by atoms with van der Waals surface area (Å²) in [6, 6.07) is 14.1. The van der Waals surface area contributed by atoms with Gasteiger partial charge in [0.15, 0.2) is 0 Å². The number of nitrogens with one attached hydrogen (secondary N) is 1. The summed E-state index contributed by atoms with van der Waals surface area (Å²) in [6.45, 7) is 6.45. The molecule has 33 heavy (non-hydrogen) atoms. The van der Waals surface area contributed by atoms with E-state index in [-0.39, 0.29) is 23.0 Å². The first-order chi connectivity index (χ1) is 15.8. The molecule has 2 aromatic rings. The summed E-state index contributed by atoms with van der Waals surface area (Å²) in [6.07, 6.45) is 4.63. The fraction of sp³-hybridized carbons (Fsp3) is 0.480. The van der Waals surface area contributed by atoms with Crippen molar-refractivity contribution in [1.82, 2.24) is 4.31 Å². The van der Waals surface area contributed by atoms with Gasteiger partial charge in [-0.15, -0.1) is 0 Å². The maximum absolute atomic E-state index is 13.2. The molecule has 2 saturated heterocycles. The summed E-state index contributed by atoms with van der Waals surface area (Å²) in [7, 11) is -3.71. The van der Waals surface area contributed by atoms with Crippen molar-refractivity contribution in [3.63, 3.8) is 0 Å². The second-order valence-electron chi connectivity index (χ2n) is 9.01. The van der Waals surface area contributed by atoms with E-state index >= 15 is 0 Å². The Balaban J connectivity index is 1.45. The van der Waals surface area contributed by atoms with Crippen molar-refractivity contribution in [2.45, 2.75) is 56.6 Å². The Labute approximate surface area is 196 Å². The number of nitrogens with zero attached hydrogens (tertiary/aromatic N) is 2. The van der Waals surface area contributed by atoms with Crippen LogP contribution in [0, 0.1) is 0 Å². The minimum Gasteiger partial charge on any atom is -0.373 e. The third-order valence-electron chi connectivity index (χ3n) is 6.22. The molecular formula is C25H33N3O4S. The molecule has 2 aliphatic rings.